The van der Waals surface area contributed by atoms with Crippen molar-refractivity contribution in [1.82, 2.24) is 14.7 Å². The average molecular weight is 260 g/mol. The van der Waals surface area contributed by atoms with Crippen LogP contribution in [0.3, 0.4) is 0 Å². The molecule has 1 aromatic heterocycles. The van der Waals surface area contributed by atoms with Crippen LogP contribution in [-0.2, 0) is 18.3 Å². The molecule has 96 valence electrons. The molecular formula is C11H18ClN3O2. The maximum atomic E-state index is 9.09. The number of aliphatic hydroxyl groups is 1. The molecule has 0 aliphatic carbocycles. The highest BCUT2D eigenvalue weighted by molar-refractivity contribution is 6.30. The van der Waals surface area contributed by atoms with Crippen molar-refractivity contribution in [2.24, 2.45) is 7.05 Å². The molecule has 1 unspecified atom stereocenters. The summed E-state index contributed by atoms with van der Waals surface area (Å²) < 4.78 is 7.11. The third kappa shape index (κ3) is 2.80. The quantitative estimate of drug-likeness (QED) is 0.863. The Bertz CT molecular complexity index is 394. The van der Waals surface area contributed by atoms with Crippen molar-refractivity contribution in [3.8, 4) is 0 Å². The molecule has 0 spiro atoms. The van der Waals surface area contributed by atoms with E-state index in [1.165, 1.54) is 0 Å². The van der Waals surface area contributed by atoms with E-state index in [0.717, 1.165) is 30.9 Å². The monoisotopic (exact) mass is 259 g/mol. The van der Waals surface area contributed by atoms with E-state index in [9.17, 15) is 0 Å². The second-order valence-electron chi connectivity index (χ2n) is 4.39. The number of halogens is 1. The lowest BCUT2D eigenvalue weighted by Gasteiger charge is -2.31. The summed E-state index contributed by atoms with van der Waals surface area (Å²) in [5, 5.41) is 14.1. The summed E-state index contributed by atoms with van der Waals surface area (Å²) in [6.45, 7) is 5.05. The van der Waals surface area contributed by atoms with E-state index >= 15 is 0 Å². The predicted octanol–water partition coefficient (Wildman–Crippen LogP) is 0.575. The van der Waals surface area contributed by atoms with Gasteiger partial charge in [0, 0.05) is 32.2 Å². The van der Waals surface area contributed by atoms with Crippen LogP contribution in [-0.4, -0.2) is 52.2 Å². The molecule has 1 N–H and O–H groups in total. The first-order valence-corrected chi connectivity index (χ1v) is 6.12. The highest BCUT2D eigenvalue weighted by Gasteiger charge is 2.22. The van der Waals surface area contributed by atoms with Crippen molar-refractivity contribution < 1.29 is 9.84 Å². The van der Waals surface area contributed by atoms with Gasteiger partial charge in [-0.3, -0.25) is 9.58 Å². The molecule has 0 amide bonds. The summed E-state index contributed by atoms with van der Waals surface area (Å²) in [5.74, 6) is 0. The molecule has 0 bridgehead atoms. The molecule has 17 heavy (non-hydrogen) atoms. The third-order valence-corrected chi connectivity index (χ3v) is 3.55. The number of nitrogens with zero attached hydrogens (tertiary/aromatic N) is 3. The minimum Gasteiger partial charge on any atom is -0.394 e. The number of rotatable bonds is 3. The second-order valence-corrected chi connectivity index (χ2v) is 4.75. The fraction of sp³-hybridized carbons (Fsp3) is 0.727. The van der Waals surface area contributed by atoms with E-state index in [2.05, 4.69) is 10.00 Å². The minimum atomic E-state index is -0.0838. The van der Waals surface area contributed by atoms with Gasteiger partial charge in [0.2, 0.25) is 0 Å². The number of ether oxygens (including phenoxy) is 1. The molecule has 1 saturated heterocycles. The van der Waals surface area contributed by atoms with Gasteiger partial charge in [0.25, 0.3) is 0 Å². The number of hydrogen-bond donors (Lipinski definition) is 1. The smallest absolute Gasteiger partial charge is 0.131 e. The Morgan fingerprint density at radius 3 is 2.94 bits per heavy atom. The predicted molar refractivity (Wildman–Crippen MR) is 65.1 cm³/mol. The summed E-state index contributed by atoms with van der Waals surface area (Å²) in [4.78, 5) is 2.24. The van der Waals surface area contributed by atoms with E-state index in [4.69, 9.17) is 21.4 Å². The Morgan fingerprint density at radius 2 is 2.35 bits per heavy atom. The molecule has 1 aromatic rings. The van der Waals surface area contributed by atoms with Crippen molar-refractivity contribution in [3.63, 3.8) is 0 Å². The van der Waals surface area contributed by atoms with Crippen LogP contribution in [0.15, 0.2) is 0 Å². The van der Waals surface area contributed by atoms with Crippen LogP contribution in [0, 0.1) is 6.92 Å². The van der Waals surface area contributed by atoms with Crippen LogP contribution >= 0.6 is 11.6 Å². The van der Waals surface area contributed by atoms with Crippen LogP contribution in [0.2, 0.25) is 5.15 Å². The molecular weight excluding hydrogens is 242 g/mol. The minimum absolute atomic E-state index is 0.0657. The third-order valence-electron chi connectivity index (χ3n) is 3.08. The summed E-state index contributed by atoms with van der Waals surface area (Å²) in [7, 11) is 1.84. The van der Waals surface area contributed by atoms with Gasteiger partial charge in [0.15, 0.2) is 0 Å². The molecule has 6 heteroatoms. The standard InChI is InChI=1S/C11H18ClN3O2/c1-8-10(11(12)14(2)13-8)6-15-3-4-17-9(5-15)7-16/h9,16H,3-7H2,1-2H3. The van der Waals surface area contributed by atoms with Gasteiger partial charge in [0.1, 0.15) is 5.15 Å². The van der Waals surface area contributed by atoms with Gasteiger partial charge < -0.3 is 9.84 Å². The molecule has 2 heterocycles. The van der Waals surface area contributed by atoms with Gasteiger partial charge in [-0.15, -0.1) is 0 Å². The first-order chi connectivity index (χ1) is 8.11. The summed E-state index contributed by atoms with van der Waals surface area (Å²) in [6, 6.07) is 0. The van der Waals surface area contributed by atoms with Gasteiger partial charge >= 0.3 is 0 Å². The molecule has 5 nitrogen and oxygen atoms in total. The normalized spacial score (nSPS) is 22.0. The van der Waals surface area contributed by atoms with Gasteiger partial charge in [-0.25, -0.2) is 0 Å². The van der Waals surface area contributed by atoms with E-state index in [-0.39, 0.29) is 12.7 Å². The van der Waals surface area contributed by atoms with Crippen LogP contribution in [0.25, 0.3) is 0 Å². The Kier molecular flexibility index (Phi) is 4.04. The van der Waals surface area contributed by atoms with Crippen molar-refractivity contribution >= 4 is 11.6 Å². The zero-order chi connectivity index (χ0) is 12.4. The van der Waals surface area contributed by atoms with E-state index < -0.39 is 0 Å². The average Bonchev–Trinajstić information content (AvgIpc) is 2.56. The van der Waals surface area contributed by atoms with E-state index in [0.29, 0.717) is 11.8 Å². The highest BCUT2D eigenvalue weighted by atomic mass is 35.5. The maximum absolute atomic E-state index is 9.09. The van der Waals surface area contributed by atoms with Gasteiger partial charge in [-0.2, -0.15) is 5.10 Å². The molecule has 0 radical (unpaired) electrons. The topological polar surface area (TPSA) is 50.5 Å². The Balaban J connectivity index is 2.05. The molecule has 1 aliphatic heterocycles. The fourth-order valence-electron chi connectivity index (χ4n) is 2.11. The maximum Gasteiger partial charge on any atom is 0.131 e. The molecule has 0 aromatic carbocycles. The van der Waals surface area contributed by atoms with Crippen molar-refractivity contribution in [2.45, 2.75) is 19.6 Å². The van der Waals surface area contributed by atoms with Gasteiger partial charge in [-0.1, -0.05) is 11.6 Å². The summed E-state index contributed by atoms with van der Waals surface area (Å²) in [6.07, 6.45) is -0.0838. The van der Waals surface area contributed by atoms with Crippen LogP contribution in [0.1, 0.15) is 11.3 Å². The lowest BCUT2D eigenvalue weighted by Crippen LogP contribution is -2.43. The lowest BCUT2D eigenvalue weighted by atomic mass is 10.2. The van der Waals surface area contributed by atoms with Crippen LogP contribution in [0.4, 0.5) is 0 Å². The number of morpholine rings is 1. The fourth-order valence-corrected chi connectivity index (χ4v) is 2.35. The summed E-state index contributed by atoms with van der Waals surface area (Å²) in [5.41, 5.74) is 2.03. The van der Waals surface area contributed by atoms with Crippen molar-refractivity contribution in [3.05, 3.63) is 16.4 Å². The van der Waals surface area contributed by atoms with Crippen molar-refractivity contribution in [2.75, 3.05) is 26.3 Å². The lowest BCUT2D eigenvalue weighted by molar-refractivity contribution is -0.0551. The van der Waals surface area contributed by atoms with Crippen LogP contribution < -0.4 is 0 Å². The SMILES string of the molecule is Cc1nn(C)c(Cl)c1CN1CCOC(CO)C1. The van der Waals surface area contributed by atoms with E-state index in [1.54, 1.807) is 4.68 Å². The van der Waals surface area contributed by atoms with Gasteiger partial charge in [0.05, 0.1) is 25.0 Å². The first-order valence-electron chi connectivity index (χ1n) is 5.74. The second kappa shape index (κ2) is 5.35. The number of aryl methyl sites for hydroxylation is 2. The number of aliphatic hydroxyl groups excluding tert-OH is 1. The van der Waals surface area contributed by atoms with Crippen molar-refractivity contribution in [1.29, 1.82) is 0 Å². The Morgan fingerprint density at radius 1 is 1.59 bits per heavy atom. The molecule has 1 atom stereocenters. The zero-order valence-corrected chi connectivity index (χ0v) is 10.9. The van der Waals surface area contributed by atoms with Gasteiger partial charge in [-0.05, 0) is 6.92 Å². The van der Waals surface area contributed by atoms with E-state index in [1.807, 2.05) is 14.0 Å². The highest BCUT2D eigenvalue weighted by Crippen LogP contribution is 2.21. The Hall–Kier alpha value is -0.620. The molecule has 0 saturated carbocycles. The molecule has 2 rings (SSSR count). The number of aromatic nitrogens is 2. The number of hydrogen-bond acceptors (Lipinski definition) is 4. The molecule has 1 fully saturated rings. The Labute approximate surface area is 106 Å². The zero-order valence-electron chi connectivity index (χ0n) is 10.2. The first kappa shape index (κ1) is 12.8. The largest absolute Gasteiger partial charge is 0.394 e. The molecule has 1 aliphatic rings. The summed E-state index contributed by atoms with van der Waals surface area (Å²) >= 11 is 6.20. The van der Waals surface area contributed by atoms with Crippen LogP contribution in [0.5, 0.6) is 0 Å².